The minimum Gasteiger partial charge on any atom is -0.497 e. The maximum absolute atomic E-state index is 13.3. The van der Waals surface area contributed by atoms with Gasteiger partial charge in [0.05, 0.1) is 33.4 Å². The molecular weight excluding hydrogens is 440 g/mol. The molecule has 3 unspecified atom stereocenters. The molecule has 2 aromatic rings. The summed E-state index contributed by atoms with van der Waals surface area (Å²) in [7, 11) is 3.26. The number of benzene rings is 2. The van der Waals surface area contributed by atoms with E-state index in [-0.39, 0.29) is 34.6 Å². The van der Waals surface area contributed by atoms with Crippen LogP contribution in [0.15, 0.2) is 30.3 Å². The largest absolute Gasteiger partial charge is 0.497 e. The number of carbonyl (C=O) groups excluding carboxylic acids is 1. The van der Waals surface area contributed by atoms with Crippen molar-refractivity contribution >= 4 is 5.97 Å². The highest BCUT2D eigenvalue weighted by atomic mass is 16.5. The third kappa shape index (κ3) is 6.19. The molecule has 0 amide bonds. The van der Waals surface area contributed by atoms with Gasteiger partial charge < -0.3 is 18.9 Å². The Morgan fingerprint density at radius 3 is 2.03 bits per heavy atom. The standard InChI is InChI=1S/C30H42O5/c1-18-13-23(29(3,4)5)27(24(14-18)30(6,7)8)35-28(31)26-19(2)22(26)17-34-16-20-11-12-21(32-9)15-25(20)33-10/h11-15,19,22,26H,16-17H2,1-10H3. The lowest BCUT2D eigenvalue weighted by Gasteiger charge is -2.30. The lowest BCUT2D eigenvalue weighted by atomic mass is 9.78. The molecule has 0 saturated heterocycles. The Hall–Kier alpha value is -2.53. The Bertz CT molecular complexity index is 1020. The first-order valence-corrected chi connectivity index (χ1v) is 12.4. The van der Waals surface area contributed by atoms with Crippen LogP contribution in [0.5, 0.6) is 17.2 Å². The van der Waals surface area contributed by atoms with Gasteiger partial charge >= 0.3 is 5.97 Å². The Balaban J connectivity index is 1.71. The van der Waals surface area contributed by atoms with Crippen LogP contribution in [0.3, 0.4) is 0 Å². The molecule has 5 heteroatoms. The zero-order valence-corrected chi connectivity index (χ0v) is 23.1. The van der Waals surface area contributed by atoms with Crippen LogP contribution >= 0.6 is 0 Å². The van der Waals surface area contributed by atoms with Gasteiger partial charge in [0.25, 0.3) is 0 Å². The average Bonchev–Trinajstić information content (AvgIpc) is 3.42. The SMILES string of the molecule is COc1ccc(COCC2C(C)C2C(=O)Oc2c(C(C)(C)C)cc(C)cc2C(C)(C)C)c(OC)c1. The first kappa shape index (κ1) is 27.1. The highest BCUT2D eigenvalue weighted by Gasteiger charge is 2.53. The quantitative estimate of drug-likeness (QED) is 0.313. The van der Waals surface area contributed by atoms with Gasteiger partial charge in [-0.3, -0.25) is 4.79 Å². The van der Waals surface area contributed by atoms with E-state index in [9.17, 15) is 4.79 Å². The van der Waals surface area contributed by atoms with Gasteiger partial charge in [-0.1, -0.05) is 66.2 Å². The van der Waals surface area contributed by atoms with Crippen molar-refractivity contribution in [2.24, 2.45) is 17.8 Å². The molecular formula is C30H42O5. The Morgan fingerprint density at radius 2 is 1.51 bits per heavy atom. The smallest absolute Gasteiger partial charge is 0.315 e. The molecule has 3 rings (SSSR count). The van der Waals surface area contributed by atoms with Crippen molar-refractivity contribution in [3.8, 4) is 17.2 Å². The molecule has 1 aliphatic carbocycles. The van der Waals surface area contributed by atoms with Crippen molar-refractivity contribution in [3.63, 3.8) is 0 Å². The van der Waals surface area contributed by atoms with Crippen molar-refractivity contribution in [1.82, 2.24) is 0 Å². The summed E-state index contributed by atoms with van der Waals surface area (Å²) in [6.45, 7) is 18.1. The molecule has 1 saturated carbocycles. The van der Waals surface area contributed by atoms with Gasteiger partial charge in [0.2, 0.25) is 0 Å². The molecule has 0 radical (unpaired) electrons. The number of hydrogen-bond donors (Lipinski definition) is 0. The van der Waals surface area contributed by atoms with Gasteiger partial charge in [-0.2, -0.15) is 0 Å². The first-order valence-electron chi connectivity index (χ1n) is 12.4. The number of aryl methyl sites for hydroxylation is 1. The minimum atomic E-state index is -0.159. The highest BCUT2D eigenvalue weighted by Crippen LogP contribution is 2.48. The lowest BCUT2D eigenvalue weighted by molar-refractivity contribution is -0.136. The van der Waals surface area contributed by atoms with Gasteiger partial charge in [-0.05, 0) is 41.7 Å². The van der Waals surface area contributed by atoms with Crippen LogP contribution in [-0.2, 0) is 27.0 Å². The normalized spacial score (nSPS) is 19.9. The van der Waals surface area contributed by atoms with Crippen LogP contribution in [-0.4, -0.2) is 26.8 Å². The average molecular weight is 483 g/mol. The number of ether oxygens (including phenoxy) is 4. The zero-order valence-electron chi connectivity index (χ0n) is 23.1. The Morgan fingerprint density at radius 1 is 0.914 bits per heavy atom. The van der Waals surface area contributed by atoms with E-state index in [4.69, 9.17) is 18.9 Å². The Kier molecular flexibility index (Phi) is 7.90. The molecule has 35 heavy (non-hydrogen) atoms. The highest BCUT2D eigenvalue weighted by molar-refractivity contribution is 5.80. The predicted molar refractivity (Wildman–Crippen MR) is 140 cm³/mol. The summed E-state index contributed by atoms with van der Waals surface area (Å²) in [5.74, 6) is 2.25. The van der Waals surface area contributed by atoms with Gasteiger partial charge in [-0.25, -0.2) is 0 Å². The summed E-state index contributed by atoms with van der Waals surface area (Å²) in [4.78, 5) is 13.3. The maximum Gasteiger partial charge on any atom is 0.315 e. The van der Waals surface area contributed by atoms with Crippen LogP contribution in [0.4, 0.5) is 0 Å². The molecule has 192 valence electrons. The molecule has 0 heterocycles. The van der Waals surface area contributed by atoms with Crippen LogP contribution < -0.4 is 14.2 Å². The first-order chi connectivity index (χ1) is 16.3. The van der Waals surface area contributed by atoms with Gasteiger partial charge in [0.1, 0.15) is 17.2 Å². The van der Waals surface area contributed by atoms with Crippen molar-refractivity contribution in [2.75, 3.05) is 20.8 Å². The Labute approximate surface area is 211 Å². The summed E-state index contributed by atoms with van der Waals surface area (Å²) in [6.07, 6.45) is 0. The zero-order chi connectivity index (χ0) is 26.1. The lowest BCUT2D eigenvalue weighted by Crippen LogP contribution is -2.23. The number of rotatable bonds is 8. The molecule has 0 bridgehead atoms. The molecule has 0 aromatic heterocycles. The number of esters is 1. The van der Waals surface area contributed by atoms with E-state index < -0.39 is 0 Å². The van der Waals surface area contributed by atoms with Crippen LogP contribution in [0, 0.1) is 24.7 Å². The van der Waals surface area contributed by atoms with E-state index in [1.807, 2.05) is 18.2 Å². The molecule has 1 fully saturated rings. The second-order valence-corrected chi connectivity index (χ2v) is 11.9. The van der Waals surface area contributed by atoms with Crippen LogP contribution in [0.1, 0.15) is 70.7 Å². The third-order valence-corrected chi connectivity index (χ3v) is 6.95. The van der Waals surface area contributed by atoms with E-state index in [1.165, 1.54) is 5.56 Å². The monoisotopic (exact) mass is 482 g/mol. The van der Waals surface area contributed by atoms with Gasteiger partial charge in [0.15, 0.2) is 0 Å². The number of methoxy groups -OCH3 is 2. The van der Waals surface area contributed by atoms with Crippen LogP contribution in [0.2, 0.25) is 0 Å². The van der Waals surface area contributed by atoms with E-state index in [2.05, 4.69) is 67.5 Å². The van der Waals surface area contributed by atoms with Crippen LogP contribution in [0.25, 0.3) is 0 Å². The topological polar surface area (TPSA) is 54.0 Å². The fraction of sp³-hybridized carbons (Fsp3) is 0.567. The molecule has 1 aliphatic rings. The molecule has 5 nitrogen and oxygen atoms in total. The predicted octanol–water partition coefficient (Wildman–Crippen LogP) is 6.61. The molecule has 0 aliphatic heterocycles. The van der Waals surface area contributed by atoms with Crippen molar-refractivity contribution in [1.29, 1.82) is 0 Å². The third-order valence-electron chi connectivity index (χ3n) is 6.95. The van der Waals surface area contributed by atoms with E-state index >= 15 is 0 Å². The second kappa shape index (κ2) is 10.2. The summed E-state index contributed by atoms with van der Waals surface area (Å²) >= 11 is 0. The summed E-state index contributed by atoms with van der Waals surface area (Å²) in [5, 5.41) is 0. The maximum atomic E-state index is 13.3. The molecule has 0 N–H and O–H groups in total. The number of hydrogen-bond acceptors (Lipinski definition) is 5. The molecule has 0 spiro atoms. The van der Waals surface area contributed by atoms with Crippen molar-refractivity contribution in [3.05, 3.63) is 52.6 Å². The fourth-order valence-corrected chi connectivity index (χ4v) is 4.63. The van der Waals surface area contributed by atoms with Crippen molar-refractivity contribution < 1.29 is 23.7 Å². The van der Waals surface area contributed by atoms with E-state index in [0.29, 0.717) is 13.2 Å². The minimum absolute atomic E-state index is 0.142. The molecule has 2 aromatic carbocycles. The fourth-order valence-electron chi connectivity index (χ4n) is 4.63. The summed E-state index contributed by atoms with van der Waals surface area (Å²) in [5.41, 5.74) is 3.99. The van der Waals surface area contributed by atoms with E-state index in [0.717, 1.165) is 33.9 Å². The second-order valence-electron chi connectivity index (χ2n) is 11.9. The number of carbonyl (C=O) groups is 1. The summed E-state index contributed by atoms with van der Waals surface area (Å²) in [6, 6.07) is 9.98. The van der Waals surface area contributed by atoms with Gasteiger partial charge in [0, 0.05) is 22.8 Å². The van der Waals surface area contributed by atoms with Crippen molar-refractivity contribution in [2.45, 2.75) is 72.8 Å². The van der Waals surface area contributed by atoms with Gasteiger partial charge in [-0.15, -0.1) is 0 Å². The summed E-state index contributed by atoms with van der Waals surface area (Å²) < 4.78 is 22.9. The molecule has 3 atom stereocenters. The van der Waals surface area contributed by atoms with E-state index in [1.54, 1.807) is 14.2 Å².